The summed E-state index contributed by atoms with van der Waals surface area (Å²) >= 11 is 0. The van der Waals surface area contributed by atoms with Gasteiger partial charge in [0.25, 0.3) is 5.69 Å². The van der Waals surface area contributed by atoms with Crippen molar-refractivity contribution in [2.75, 3.05) is 7.11 Å². The molecule has 114 valence electrons. The molecule has 1 fully saturated rings. The van der Waals surface area contributed by atoms with Crippen LogP contribution in [-0.4, -0.2) is 30.4 Å². The first-order chi connectivity index (χ1) is 9.64. The summed E-state index contributed by atoms with van der Waals surface area (Å²) in [4.78, 5) is 10.5. The van der Waals surface area contributed by atoms with Gasteiger partial charge in [-0.3, -0.25) is 10.1 Å². The van der Waals surface area contributed by atoms with Crippen molar-refractivity contribution in [1.82, 2.24) is 0 Å². The van der Waals surface area contributed by atoms with Gasteiger partial charge in [0, 0.05) is 12.4 Å². The molecule has 2 rings (SSSR count). The highest BCUT2D eigenvalue weighted by Gasteiger charge is 2.50. The molecular weight excluding hydrogens is 273 g/mol. The van der Waals surface area contributed by atoms with E-state index in [4.69, 9.17) is 14.0 Å². The first-order valence-corrected chi connectivity index (χ1v) is 6.82. The third-order valence-corrected chi connectivity index (χ3v) is 4.10. The SMILES string of the molecule is COc1cc(CB2OC(C)(C)C(C)(C)O2)cc([N+](=O)[O-])c1. The summed E-state index contributed by atoms with van der Waals surface area (Å²) in [6.45, 7) is 7.89. The number of nitro groups is 1. The number of benzene rings is 1. The topological polar surface area (TPSA) is 70.8 Å². The van der Waals surface area contributed by atoms with Gasteiger partial charge in [0.2, 0.25) is 0 Å². The predicted octanol–water partition coefficient (Wildman–Crippen LogP) is 2.78. The zero-order valence-corrected chi connectivity index (χ0v) is 13.0. The number of ether oxygens (including phenoxy) is 1. The van der Waals surface area contributed by atoms with Crippen molar-refractivity contribution in [3.8, 4) is 5.75 Å². The van der Waals surface area contributed by atoms with Crippen LogP contribution in [0.4, 0.5) is 5.69 Å². The zero-order valence-electron chi connectivity index (χ0n) is 13.0. The van der Waals surface area contributed by atoms with Crippen molar-refractivity contribution in [2.24, 2.45) is 0 Å². The molecule has 0 atom stereocenters. The van der Waals surface area contributed by atoms with Crippen LogP contribution in [0.1, 0.15) is 33.3 Å². The van der Waals surface area contributed by atoms with E-state index in [9.17, 15) is 10.1 Å². The molecule has 0 N–H and O–H groups in total. The fourth-order valence-electron chi connectivity index (χ4n) is 2.23. The van der Waals surface area contributed by atoms with Gasteiger partial charge in [0.1, 0.15) is 5.75 Å². The summed E-state index contributed by atoms with van der Waals surface area (Å²) < 4.78 is 16.9. The maximum Gasteiger partial charge on any atom is 0.462 e. The van der Waals surface area contributed by atoms with Crippen LogP contribution in [0.25, 0.3) is 0 Å². The fourth-order valence-corrected chi connectivity index (χ4v) is 2.23. The van der Waals surface area contributed by atoms with Gasteiger partial charge >= 0.3 is 7.12 Å². The molecule has 7 heteroatoms. The Hall–Kier alpha value is -1.60. The lowest BCUT2D eigenvalue weighted by molar-refractivity contribution is -0.385. The van der Waals surface area contributed by atoms with Gasteiger partial charge in [-0.05, 0) is 39.3 Å². The molecule has 6 nitrogen and oxygen atoms in total. The van der Waals surface area contributed by atoms with Gasteiger partial charge in [-0.1, -0.05) is 0 Å². The number of nitrogens with zero attached hydrogens (tertiary/aromatic N) is 1. The Balaban J connectivity index is 2.21. The third kappa shape index (κ3) is 3.19. The molecule has 0 aliphatic carbocycles. The fraction of sp³-hybridized carbons (Fsp3) is 0.571. The number of hydrogen-bond donors (Lipinski definition) is 0. The van der Waals surface area contributed by atoms with E-state index in [0.29, 0.717) is 12.1 Å². The molecule has 0 aromatic heterocycles. The lowest BCUT2D eigenvalue weighted by Gasteiger charge is -2.32. The number of nitro benzene ring substituents is 1. The van der Waals surface area contributed by atoms with Crippen LogP contribution in [0.3, 0.4) is 0 Å². The molecular formula is C14H20BNO5. The van der Waals surface area contributed by atoms with Crippen LogP contribution < -0.4 is 4.74 Å². The minimum atomic E-state index is -0.434. The molecule has 0 radical (unpaired) electrons. The summed E-state index contributed by atoms with van der Waals surface area (Å²) in [5.74, 6) is 0.454. The van der Waals surface area contributed by atoms with Crippen molar-refractivity contribution in [3.05, 3.63) is 33.9 Å². The van der Waals surface area contributed by atoms with E-state index in [1.807, 2.05) is 27.7 Å². The van der Waals surface area contributed by atoms with E-state index < -0.39 is 23.2 Å². The average Bonchev–Trinajstić information content (AvgIpc) is 2.56. The molecule has 1 heterocycles. The maximum atomic E-state index is 11.0. The normalized spacial score (nSPS) is 19.6. The minimum Gasteiger partial charge on any atom is -0.496 e. The van der Waals surface area contributed by atoms with Crippen LogP contribution in [0, 0.1) is 10.1 Å². The number of non-ortho nitro benzene ring substituents is 1. The molecule has 1 aromatic rings. The monoisotopic (exact) mass is 293 g/mol. The van der Waals surface area contributed by atoms with E-state index in [1.165, 1.54) is 19.2 Å². The highest BCUT2D eigenvalue weighted by Crippen LogP contribution is 2.37. The Morgan fingerprint density at radius 2 is 1.76 bits per heavy atom. The molecule has 1 aliphatic heterocycles. The van der Waals surface area contributed by atoms with E-state index in [0.717, 1.165) is 5.56 Å². The summed E-state index contributed by atoms with van der Waals surface area (Å²) in [5.41, 5.74) is -0.0781. The quantitative estimate of drug-likeness (QED) is 0.485. The van der Waals surface area contributed by atoms with Crippen molar-refractivity contribution in [2.45, 2.75) is 45.2 Å². The van der Waals surface area contributed by atoms with Crippen molar-refractivity contribution >= 4 is 12.8 Å². The molecule has 0 unspecified atom stereocenters. The Kier molecular flexibility index (Phi) is 3.99. The Morgan fingerprint density at radius 3 is 2.24 bits per heavy atom. The van der Waals surface area contributed by atoms with E-state index >= 15 is 0 Å². The van der Waals surface area contributed by atoms with Crippen molar-refractivity contribution < 1.29 is 19.0 Å². The van der Waals surface area contributed by atoms with Gasteiger partial charge in [0.05, 0.1) is 29.3 Å². The second-order valence-corrected chi connectivity index (χ2v) is 6.19. The van der Waals surface area contributed by atoms with Crippen LogP contribution in [0.15, 0.2) is 18.2 Å². The van der Waals surface area contributed by atoms with Crippen LogP contribution >= 0.6 is 0 Å². The lowest BCUT2D eigenvalue weighted by atomic mass is 9.80. The second-order valence-electron chi connectivity index (χ2n) is 6.19. The Labute approximate surface area is 124 Å². The Bertz CT molecular complexity index is 542. The van der Waals surface area contributed by atoms with Gasteiger partial charge in [0.15, 0.2) is 0 Å². The van der Waals surface area contributed by atoms with E-state index in [-0.39, 0.29) is 5.69 Å². The zero-order chi connectivity index (χ0) is 15.8. The molecule has 0 spiro atoms. The molecule has 0 amide bonds. The number of hydrogen-bond acceptors (Lipinski definition) is 5. The van der Waals surface area contributed by atoms with Gasteiger partial charge < -0.3 is 14.0 Å². The summed E-state index contributed by atoms with van der Waals surface area (Å²) in [6.07, 6.45) is 0.435. The molecule has 0 saturated carbocycles. The minimum absolute atomic E-state index is 0.000803. The summed E-state index contributed by atoms with van der Waals surface area (Å²) in [5, 5.41) is 11.0. The van der Waals surface area contributed by atoms with Crippen molar-refractivity contribution in [3.63, 3.8) is 0 Å². The molecule has 21 heavy (non-hydrogen) atoms. The van der Waals surface area contributed by atoms with Crippen LogP contribution in [-0.2, 0) is 15.6 Å². The number of methoxy groups -OCH3 is 1. The van der Waals surface area contributed by atoms with Gasteiger partial charge in [-0.2, -0.15) is 0 Å². The first kappa shape index (κ1) is 15.8. The largest absolute Gasteiger partial charge is 0.496 e. The highest BCUT2D eigenvalue weighted by atomic mass is 16.7. The van der Waals surface area contributed by atoms with Gasteiger partial charge in [-0.25, -0.2) is 0 Å². The van der Waals surface area contributed by atoms with Crippen LogP contribution in [0.5, 0.6) is 5.75 Å². The van der Waals surface area contributed by atoms with Crippen molar-refractivity contribution in [1.29, 1.82) is 0 Å². The average molecular weight is 293 g/mol. The number of rotatable bonds is 4. The first-order valence-electron chi connectivity index (χ1n) is 6.82. The van der Waals surface area contributed by atoms with Gasteiger partial charge in [-0.15, -0.1) is 0 Å². The Morgan fingerprint density at radius 1 is 1.19 bits per heavy atom. The second kappa shape index (κ2) is 5.31. The standard InChI is InChI=1S/C14H20BNO5/c1-13(2)14(3,4)21-15(20-13)9-10-6-11(16(17)18)8-12(7-10)19-5/h6-8H,9H2,1-5H3. The molecule has 1 aliphatic rings. The molecule has 1 aromatic carbocycles. The summed E-state index contributed by atoms with van der Waals surface area (Å²) in [7, 11) is 1.05. The molecule has 1 saturated heterocycles. The maximum absolute atomic E-state index is 11.0. The smallest absolute Gasteiger partial charge is 0.462 e. The highest BCUT2D eigenvalue weighted by molar-refractivity contribution is 6.45. The molecule has 0 bridgehead atoms. The lowest BCUT2D eigenvalue weighted by Crippen LogP contribution is -2.41. The van der Waals surface area contributed by atoms with E-state index in [2.05, 4.69) is 0 Å². The van der Waals surface area contributed by atoms with E-state index in [1.54, 1.807) is 6.07 Å². The third-order valence-electron chi connectivity index (χ3n) is 4.10. The summed E-state index contributed by atoms with van der Waals surface area (Å²) in [6, 6.07) is 4.68. The predicted molar refractivity (Wildman–Crippen MR) is 79.4 cm³/mol. The van der Waals surface area contributed by atoms with Crippen LogP contribution in [0.2, 0.25) is 0 Å².